The highest BCUT2D eigenvalue weighted by molar-refractivity contribution is 7.90. The van der Waals surface area contributed by atoms with E-state index in [0.717, 1.165) is 45.0 Å². The van der Waals surface area contributed by atoms with Gasteiger partial charge in [-0.25, -0.2) is 13.2 Å². The molecule has 46 heavy (non-hydrogen) atoms. The van der Waals surface area contributed by atoms with Crippen LogP contribution in [0.2, 0.25) is 0 Å². The fraction of sp³-hybridized carbons (Fsp3) is 0.583. The van der Waals surface area contributed by atoms with E-state index in [9.17, 15) is 22.8 Å². The number of benzene rings is 2. The Balaban J connectivity index is 1.25. The van der Waals surface area contributed by atoms with E-state index in [1.807, 2.05) is 6.07 Å². The first kappa shape index (κ1) is 32.8. The molecule has 4 fully saturated rings. The summed E-state index contributed by atoms with van der Waals surface area (Å²) >= 11 is 0. The van der Waals surface area contributed by atoms with Gasteiger partial charge in [0.1, 0.15) is 5.54 Å². The van der Waals surface area contributed by atoms with Gasteiger partial charge in [0.15, 0.2) is 15.6 Å². The largest absolute Gasteiger partial charge is 0.327 e. The molecule has 3 unspecified atom stereocenters. The minimum absolute atomic E-state index is 0.0922. The van der Waals surface area contributed by atoms with Crippen LogP contribution < -0.4 is 5.32 Å². The van der Waals surface area contributed by atoms with Crippen molar-refractivity contribution in [3.05, 3.63) is 65.7 Å². The number of ketones is 1. The van der Waals surface area contributed by atoms with Crippen molar-refractivity contribution in [3.8, 4) is 0 Å². The molecule has 10 heteroatoms. The van der Waals surface area contributed by atoms with E-state index in [4.69, 9.17) is 0 Å². The molecule has 1 N–H and O–H groups in total. The van der Waals surface area contributed by atoms with Crippen LogP contribution in [0.4, 0.5) is 4.79 Å². The Hall–Kier alpha value is -3.08. The quantitative estimate of drug-likeness (QED) is 0.379. The predicted octanol–water partition coefficient (Wildman–Crippen LogP) is 4.48. The lowest BCUT2D eigenvalue weighted by atomic mass is 9.77. The van der Waals surface area contributed by atoms with Crippen LogP contribution in [0.3, 0.4) is 0 Å². The topological polar surface area (TPSA) is 107 Å². The zero-order valence-electron chi connectivity index (χ0n) is 27.4. The molecule has 0 bridgehead atoms. The summed E-state index contributed by atoms with van der Waals surface area (Å²) in [4.78, 5) is 48.3. The number of rotatable bonds is 10. The number of hydrogen-bond acceptors (Lipinski definition) is 7. The number of likely N-dealkylation sites (tertiary alicyclic amines) is 1. The fourth-order valence-corrected chi connectivity index (χ4v) is 9.06. The number of piperidine rings is 1. The highest BCUT2D eigenvalue weighted by Gasteiger charge is 2.59. The second kappa shape index (κ2) is 13.2. The number of imide groups is 1. The molecular weight excluding hydrogens is 600 g/mol. The third-order valence-corrected chi connectivity index (χ3v) is 12.0. The average Bonchev–Trinajstić information content (AvgIpc) is 3.79. The van der Waals surface area contributed by atoms with Crippen LogP contribution in [0.1, 0.15) is 69.4 Å². The Morgan fingerprint density at radius 2 is 1.61 bits per heavy atom. The van der Waals surface area contributed by atoms with Crippen LogP contribution in [-0.2, 0) is 26.0 Å². The summed E-state index contributed by atoms with van der Waals surface area (Å²) in [5, 5.41) is 3.59. The van der Waals surface area contributed by atoms with Crippen LogP contribution >= 0.6 is 0 Å². The molecule has 2 aromatic carbocycles. The lowest BCUT2D eigenvalue weighted by Gasteiger charge is -2.46. The van der Waals surface area contributed by atoms with Gasteiger partial charge in [0.2, 0.25) is 0 Å². The van der Waals surface area contributed by atoms with Crippen molar-refractivity contribution in [1.29, 1.82) is 0 Å². The van der Waals surface area contributed by atoms with Gasteiger partial charge >= 0.3 is 6.03 Å². The van der Waals surface area contributed by atoms with Crippen molar-refractivity contribution in [1.82, 2.24) is 20.0 Å². The van der Waals surface area contributed by atoms with Crippen molar-refractivity contribution in [2.45, 2.75) is 81.3 Å². The molecule has 4 aliphatic rings. The van der Waals surface area contributed by atoms with E-state index >= 15 is 0 Å². The van der Waals surface area contributed by atoms with Crippen molar-refractivity contribution in [2.24, 2.45) is 17.8 Å². The maximum Gasteiger partial charge on any atom is 0.327 e. The molecule has 3 aliphatic heterocycles. The first-order chi connectivity index (χ1) is 22.0. The van der Waals surface area contributed by atoms with Gasteiger partial charge in [-0.2, -0.15) is 0 Å². The van der Waals surface area contributed by atoms with Crippen LogP contribution in [-0.4, -0.2) is 91.4 Å². The lowest BCUT2D eigenvalue weighted by Crippen LogP contribution is -2.61. The number of sulfone groups is 1. The van der Waals surface area contributed by atoms with Gasteiger partial charge in [-0.3, -0.25) is 19.4 Å². The summed E-state index contributed by atoms with van der Waals surface area (Å²) in [5.74, 6) is 0.819. The van der Waals surface area contributed by atoms with Gasteiger partial charge in [0, 0.05) is 56.7 Å². The molecule has 1 spiro atoms. The second-order valence-electron chi connectivity index (χ2n) is 14.3. The highest BCUT2D eigenvalue weighted by Crippen LogP contribution is 2.42. The van der Waals surface area contributed by atoms with Gasteiger partial charge in [0.05, 0.1) is 17.5 Å². The Labute approximate surface area is 273 Å². The number of carbonyl (C=O) groups is 3. The number of Topliss-reactive ketones (excluding diaryl/α,β-unsaturated/α-hetero) is 1. The molecule has 3 saturated heterocycles. The van der Waals surface area contributed by atoms with E-state index in [1.54, 1.807) is 17.0 Å². The summed E-state index contributed by atoms with van der Waals surface area (Å²) in [6, 6.07) is 16.4. The molecule has 3 atom stereocenters. The molecule has 1 saturated carbocycles. The van der Waals surface area contributed by atoms with Crippen molar-refractivity contribution in [3.63, 3.8) is 0 Å². The maximum absolute atomic E-state index is 14.3. The number of nitrogens with one attached hydrogen (secondary N) is 1. The number of amides is 3. The van der Waals surface area contributed by atoms with Crippen molar-refractivity contribution in [2.75, 3.05) is 39.0 Å². The summed E-state index contributed by atoms with van der Waals surface area (Å²) < 4.78 is 23.9. The predicted molar refractivity (Wildman–Crippen MR) is 177 cm³/mol. The number of carbonyl (C=O) groups excluding carboxylic acids is 3. The first-order valence-electron chi connectivity index (χ1n) is 17.0. The molecule has 0 radical (unpaired) electrons. The molecule has 9 nitrogen and oxygen atoms in total. The zero-order chi connectivity index (χ0) is 32.6. The van der Waals surface area contributed by atoms with E-state index in [-0.39, 0.29) is 53.1 Å². The standard InChI is InChI=1S/C36H48N4O5S/c1-25(2)23-40-35(43)39(24-26-13-15-29(16-14-26)46(3,44)45)34(42)36(40)17-19-38(20-18-36)32(33(41)28-11-7-8-12-28)31-22-37-21-30(31)27-9-5-4-6-10-27/h4-6,9-10,13-16,25,28,30-32,37H,7-8,11-12,17-24H2,1-3H3. The maximum atomic E-state index is 14.3. The van der Waals surface area contributed by atoms with E-state index in [0.29, 0.717) is 43.8 Å². The van der Waals surface area contributed by atoms with Crippen LogP contribution in [0.25, 0.3) is 0 Å². The van der Waals surface area contributed by atoms with E-state index in [1.165, 1.54) is 22.6 Å². The van der Waals surface area contributed by atoms with Crippen LogP contribution in [0, 0.1) is 17.8 Å². The van der Waals surface area contributed by atoms with Gasteiger partial charge < -0.3 is 10.2 Å². The monoisotopic (exact) mass is 648 g/mol. The van der Waals surface area contributed by atoms with Gasteiger partial charge in [-0.15, -0.1) is 0 Å². The zero-order valence-corrected chi connectivity index (χ0v) is 28.2. The molecular formula is C36H48N4O5S. The van der Waals surface area contributed by atoms with Gasteiger partial charge in [-0.05, 0) is 54.9 Å². The first-order valence-corrected chi connectivity index (χ1v) is 18.8. The van der Waals surface area contributed by atoms with Crippen molar-refractivity contribution >= 4 is 27.6 Å². The number of urea groups is 1. The number of nitrogens with zero attached hydrogens (tertiary/aromatic N) is 3. The average molecular weight is 649 g/mol. The Morgan fingerprint density at radius 1 is 0.957 bits per heavy atom. The van der Waals surface area contributed by atoms with Crippen LogP contribution in [0.15, 0.2) is 59.5 Å². The SMILES string of the molecule is CC(C)CN1C(=O)N(Cc2ccc(S(C)(=O)=O)cc2)C(=O)C12CCN(C(C(=O)C1CCCC1)C1CNCC1c1ccccc1)CC2. The molecule has 3 amide bonds. The molecule has 3 heterocycles. The summed E-state index contributed by atoms with van der Waals surface area (Å²) in [6.07, 6.45) is 6.25. The van der Waals surface area contributed by atoms with Crippen LogP contribution in [0.5, 0.6) is 0 Å². The molecule has 0 aromatic heterocycles. The molecule has 2 aromatic rings. The van der Waals surface area contributed by atoms with E-state index in [2.05, 4.69) is 48.3 Å². The molecule has 248 valence electrons. The second-order valence-corrected chi connectivity index (χ2v) is 16.3. The van der Waals surface area contributed by atoms with Crippen molar-refractivity contribution < 1.29 is 22.8 Å². The number of hydrogen-bond donors (Lipinski definition) is 1. The summed E-state index contributed by atoms with van der Waals surface area (Å²) in [6.45, 7) is 7.46. The van der Waals surface area contributed by atoms with E-state index < -0.39 is 15.4 Å². The minimum atomic E-state index is -3.35. The Kier molecular flexibility index (Phi) is 9.43. The highest BCUT2D eigenvalue weighted by atomic mass is 32.2. The molecule has 6 rings (SSSR count). The third-order valence-electron chi connectivity index (χ3n) is 10.8. The molecule has 1 aliphatic carbocycles. The third kappa shape index (κ3) is 6.28. The fourth-order valence-electron chi connectivity index (χ4n) is 8.43. The lowest BCUT2D eigenvalue weighted by molar-refractivity contribution is -0.138. The normalized spacial score (nSPS) is 24.9. The van der Waals surface area contributed by atoms with Gasteiger partial charge in [0.25, 0.3) is 5.91 Å². The minimum Gasteiger partial charge on any atom is -0.316 e. The smallest absolute Gasteiger partial charge is 0.316 e. The van der Waals surface area contributed by atoms with Gasteiger partial charge in [-0.1, -0.05) is 69.2 Å². The Bertz CT molecular complexity index is 1530. The Morgan fingerprint density at radius 3 is 2.22 bits per heavy atom. The summed E-state index contributed by atoms with van der Waals surface area (Å²) in [5.41, 5.74) is 1.02. The summed E-state index contributed by atoms with van der Waals surface area (Å²) in [7, 11) is -3.35.